The van der Waals surface area contributed by atoms with Gasteiger partial charge >= 0.3 is 0 Å². The largest absolute Gasteiger partial charge is 0.367 e. The van der Waals surface area contributed by atoms with Gasteiger partial charge in [-0.2, -0.15) is 17.0 Å². The molecule has 0 aromatic heterocycles. The van der Waals surface area contributed by atoms with Crippen molar-refractivity contribution in [3.8, 4) is 6.07 Å². The molecule has 0 spiro atoms. The number of nitro groups is 1. The highest BCUT2D eigenvalue weighted by atomic mass is 32.2. The van der Waals surface area contributed by atoms with Gasteiger partial charge in [0.05, 0.1) is 16.2 Å². The van der Waals surface area contributed by atoms with Crippen molar-refractivity contribution >= 4 is 23.1 Å². The Morgan fingerprint density at radius 1 is 1.53 bits per heavy atom. The number of hydrogen-bond acceptors (Lipinski definition) is 5. The molecule has 0 bridgehead atoms. The lowest BCUT2D eigenvalue weighted by Gasteiger charge is -2.29. The van der Waals surface area contributed by atoms with E-state index in [0.29, 0.717) is 11.6 Å². The molecule has 1 saturated heterocycles. The fourth-order valence-corrected chi connectivity index (χ4v) is 3.27. The summed E-state index contributed by atoms with van der Waals surface area (Å²) in [4.78, 5) is 12.5. The van der Waals surface area contributed by atoms with E-state index in [9.17, 15) is 15.4 Å². The Balaban J connectivity index is 2.38. The number of benzene rings is 1. The maximum atomic E-state index is 10.8. The van der Waals surface area contributed by atoms with Crippen LogP contribution in [-0.2, 0) is 0 Å². The second-order valence-corrected chi connectivity index (χ2v) is 5.74. The lowest BCUT2D eigenvalue weighted by molar-refractivity contribution is -0.384. The lowest BCUT2D eigenvalue weighted by atomic mass is 10.1. The summed E-state index contributed by atoms with van der Waals surface area (Å²) in [6, 6.07) is 6.96. The zero-order valence-electron chi connectivity index (χ0n) is 10.7. The van der Waals surface area contributed by atoms with Gasteiger partial charge in [0.2, 0.25) is 0 Å². The molecule has 1 atom stereocenters. The minimum atomic E-state index is -0.466. The molecule has 0 radical (unpaired) electrons. The van der Waals surface area contributed by atoms with Crippen LogP contribution in [0.1, 0.15) is 18.9 Å². The van der Waals surface area contributed by atoms with Crippen molar-refractivity contribution < 1.29 is 4.92 Å². The highest BCUT2D eigenvalue weighted by Crippen LogP contribution is 2.29. The lowest BCUT2D eigenvalue weighted by Crippen LogP contribution is -2.34. The highest BCUT2D eigenvalue weighted by Gasteiger charge is 2.21. The molecule has 1 aliphatic rings. The molecule has 5 nitrogen and oxygen atoms in total. The Morgan fingerprint density at radius 3 is 3.00 bits per heavy atom. The van der Waals surface area contributed by atoms with E-state index in [0.717, 1.165) is 30.2 Å². The number of nitriles is 1. The topological polar surface area (TPSA) is 70.2 Å². The highest BCUT2D eigenvalue weighted by molar-refractivity contribution is 7.99. The molecule has 0 amide bonds. The van der Waals surface area contributed by atoms with Gasteiger partial charge < -0.3 is 4.90 Å². The molecular formula is C13H15N3O2S. The van der Waals surface area contributed by atoms with E-state index in [4.69, 9.17) is 0 Å². The Kier molecular flexibility index (Phi) is 4.27. The van der Waals surface area contributed by atoms with Crippen molar-refractivity contribution in [3.05, 3.63) is 33.9 Å². The summed E-state index contributed by atoms with van der Waals surface area (Å²) < 4.78 is 0. The average molecular weight is 277 g/mol. The first-order valence-electron chi connectivity index (χ1n) is 6.16. The standard InChI is InChI=1S/C13H15N3O2S/c1-10-4-6-19-7-5-15(10)13-3-2-12(16(17)18)8-11(13)9-14/h2-3,8,10H,4-7H2,1H3. The van der Waals surface area contributed by atoms with Crippen LogP contribution in [0.3, 0.4) is 0 Å². The van der Waals surface area contributed by atoms with Gasteiger partial charge in [-0.3, -0.25) is 10.1 Å². The van der Waals surface area contributed by atoms with Crippen LogP contribution in [0.25, 0.3) is 0 Å². The van der Waals surface area contributed by atoms with E-state index in [1.54, 1.807) is 6.07 Å². The maximum absolute atomic E-state index is 10.8. The fraction of sp³-hybridized carbons (Fsp3) is 0.462. The van der Waals surface area contributed by atoms with Gasteiger partial charge in [-0.1, -0.05) is 0 Å². The predicted molar refractivity (Wildman–Crippen MR) is 76.6 cm³/mol. The molecular weight excluding hydrogens is 262 g/mol. The molecule has 1 heterocycles. The molecule has 100 valence electrons. The second-order valence-electron chi connectivity index (χ2n) is 4.51. The molecule has 19 heavy (non-hydrogen) atoms. The number of rotatable bonds is 2. The minimum Gasteiger partial charge on any atom is -0.367 e. The van der Waals surface area contributed by atoms with Gasteiger partial charge in [0.25, 0.3) is 5.69 Å². The van der Waals surface area contributed by atoms with Crippen LogP contribution in [0.4, 0.5) is 11.4 Å². The van der Waals surface area contributed by atoms with Crippen LogP contribution in [0.15, 0.2) is 18.2 Å². The Bertz CT molecular complexity index is 527. The number of non-ortho nitro benzene ring substituents is 1. The summed E-state index contributed by atoms with van der Waals surface area (Å²) in [5.41, 5.74) is 1.16. The first-order chi connectivity index (χ1) is 9.13. The summed E-state index contributed by atoms with van der Waals surface area (Å²) in [6.45, 7) is 3.01. The third kappa shape index (κ3) is 2.99. The van der Waals surface area contributed by atoms with E-state index in [1.165, 1.54) is 12.1 Å². The summed E-state index contributed by atoms with van der Waals surface area (Å²) in [5.74, 6) is 2.14. The molecule has 0 aliphatic carbocycles. The first-order valence-corrected chi connectivity index (χ1v) is 7.32. The smallest absolute Gasteiger partial charge is 0.270 e. The van der Waals surface area contributed by atoms with Crippen molar-refractivity contribution in [2.24, 2.45) is 0 Å². The molecule has 6 heteroatoms. The average Bonchev–Trinajstić information content (AvgIpc) is 2.62. The summed E-state index contributed by atoms with van der Waals surface area (Å²) in [6.07, 6.45) is 1.06. The quantitative estimate of drug-likeness (QED) is 0.614. The molecule has 0 N–H and O–H groups in total. The summed E-state index contributed by atoms with van der Waals surface area (Å²) >= 11 is 1.91. The monoisotopic (exact) mass is 277 g/mol. The Labute approximate surface area is 116 Å². The number of hydrogen-bond donors (Lipinski definition) is 0. The fourth-order valence-electron chi connectivity index (χ4n) is 2.23. The maximum Gasteiger partial charge on any atom is 0.270 e. The first kappa shape index (κ1) is 13.7. The van der Waals surface area contributed by atoms with Crippen LogP contribution < -0.4 is 4.90 Å². The normalized spacial score (nSPS) is 19.6. The van der Waals surface area contributed by atoms with Crippen molar-refractivity contribution in [1.29, 1.82) is 5.26 Å². The third-order valence-corrected chi connectivity index (χ3v) is 4.31. The number of nitro benzene ring substituents is 1. The van der Waals surface area contributed by atoms with Crippen LogP contribution in [0, 0.1) is 21.4 Å². The van der Waals surface area contributed by atoms with E-state index in [-0.39, 0.29) is 5.69 Å². The number of thioether (sulfide) groups is 1. The van der Waals surface area contributed by atoms with Crippen molar-refractivity contribution in [3.63, 3.8) is 0 Å². The van der Waals surface area contributed by atoms with Crippen molar-refractivity contribution in [2.75, 3.05) is 23.0 Å². The third-order valence-electron chi connectivity index (χ3n) is 3.31. The summed E-state index contributed by atoms with van der Waals surface area (Å²) in [7, 11) is 0. The van der Waals surface area contributed by atoms with Gasteiger partial charge in [0, 0.05) is 30.5 Å². The number of nitrogens with zero attached hydrogens (tertiary/aromatic N) is 3. The van der Waals surface area contributed by atoms with Gasteiger partial charge in [0.1, 0.15) is 6.07 Å². The van der Waals surface area contributed by atoms with Gasteiger partial charge in [-0.05, 0) is 25.2 Å². The zero-order valence-corrected chi connectivity index (χ0v) is 11.5. The molecule has 0 saturated carbocycles. The van der Waals surface area contributed by atoms with E-state index in [1.807, 2.05) is 11.8 Å². The van der Waals surface area contributed by atoms with E-state index >= 15 is 0 Å². The SMILES string of the molecule is CC1CCSCCN1c1ccc([N+](=O)[O-])cc1C#N. The summed E-state index contributed by atoms with van der Waals surface area (Å²) in [5, 5.41) is 20.0. The van der Waals surface area contributed by atoms with E-state index < -0.39 is 4.92 Å². The molecule has 1 aromatic carbocycles. The van der Waals surface area contributed by atoms with Crippen LogP contribution in [0.5, 0.6) is 0 Å². The predicted octanol–water partition coefficient (Wildman–Crippen LogP) is 2.80. The Morgan fingerprint density at radius 2 is 2.32 bits per heavy atom. The second kappa shape index (κ2) is 5.93. The van der Waals surface area contributed by atoms with Crippen molar-refractivity contribution in [2.45, 2.75) is 19.4 Å². The van der Waals surface area contributed by atoms with Crippen LogP contribution in [0.2, 0.25) is 0 Å². The van der Waals surface area contributed by atoms with Crippen LogP contribution in [-0.4, -0.2) is 29.0 Å². The van der Waals surface area contributed by atoms with Gasteiger partial charge in [-0.25, -0.2) is 0 Å². The zero-order chi connectivity index (χ0) is 13.8. The van der Waals surface area contributed by atoms with E-state index in [2.05, 4.69) is 17.9 Å². The van der Waals surface area contributed by atoms with Crippen molar-refractivity contribution in [1.82, 2.24) is 0 Å². The number of anilines is 1. The molecule has 1 fully saturated rings. The molecule has 1 aliphatic heterocycles. The molecule has 2 rings (SSSR count). The van der Waals surface area contributed by atoms with Gasteiger partial charge in [-0.15, -0.1) is 0 Å². The Hall–Kier alpha value is -1.74. The minimum absolute atomic E-state index is 0.0304. The molecule has 1 aromatic rings. The van der Waals surface area contributed by atoms with Crippen LogP contribution >= 0.6 is 11.8 Å². The molecule has 1 unspecified atom stereocenters. The van der Waals surface area contributed by atoms with Gasteiger partial charge in [0.15, 0.2) is 0 Å².